The topological polar surface area (TPSA) is 69.2 Å². The lowest BCUT2D eigenvalue weighted by atomic mass is 10.0. The Balaban J connectivity index is 1.77. The van der Waals surface area contributed by atoms with Crippen LogP contribution in [0.15, 0.2) is 41.6 Å². The lowest BCUT2D eigenvalue weighted by Crippen LogP contribution is -2.29. The normalized spacial score (nSPS) is 14.5. The second kappa shape index (κ2) is 10.5. The van der Waals surface area contributed by atoms with E-state index in [9.17, 15) is 4.79 Å². The van der Waals surface area contributed by atoms with Crippen LogP contribution in [0.1, 0.15) is 36.8 Å². The van der Waals surface area contributed by atoms with Crippen molar-refractivity contribution in [1.82, 2.24) is 5.32 Å². The van der Waals surface area contributed by atoms with Gasteiger partial charge in [-0.15, -0.1) is 0 Å². The van der Waals surface area contributed by atoms with Crippen molar-refractivity contribution < 1.29 is 19.1 Å². The van der Waals surface area contributed by atoms with E-state index in [1.807, 2.05) is 18.2 Å². The third kappa shape index (κ3) is 5.37. The number of hydrogen-bond donors (Lipinski definition) is 1. The zero-order valence-corrected chi connectivity index (χ0v) is 18.4. The minimum atomic E-state index is -0.358. The Kier molecular flexibility index (Phi) is 7.82. The zero-order valence-electron chi connectivity index (χ0n) is 16.9. The number of ether oxygens (including phenoxy) is 2. The fourth-order valence-electron chi connectivity index (χ4n) is 3.37. The first-order chi connectivity index (χ1) is 14.5. The highest BCUT2D eigenvalue weighted by molar-refractivity contribution is 6.45. The van der Waals surface area contributed by atoms with Crippen molar-refractivity contribution in [3.05, 3.63) is 57.6 Å². The molecule has 0 saturated heterocycles. The molecule has 0 spiro atoms. The lowest BCUT2D eigenvalue weighted by molar-refractivity contribution is -0.114. The third-order valence-electron chi connectivity index (χ3n) is 4.85. The Morgan fingerprint density at radius 1 is 1.17 bits per heavy atom. The number of benzene rings is 2. The first-order valence-electron chi connectivity index (χ1n) is 9.73. The van der Waals surface area contributed by atoms with Gasteiger partial charge >= 0.3 is 0 Å². The monoisotopic (exact) mass is 450 g/mol. The second-order valence-corrected chi connectivity index (χ2v) is 7.70. The van der Waals surface area contributed by atoms with E-state index in [1.54, 1.807) is 18.2 Å². The molecule has 3 rings (SSSR count). The molecular formula is C22H24Cl2N2O4. The summed E-state index contributed by atoms with van der Waals surface area (Å²) >= 11 is 12.8. The molecule has 2 aromatic rings. The number of nitrogens with zero attached hydrogens (tertiary/aromatic N) is 1. The average molecular weight is 451 g/mol. The molecule has 1 fully saturated rings. The van der Waals surface area contributed by atoms with Gasteiger partial charge in [-0.2, -0.15) is 0 Å². The molecule has 6 nitrogen and oxygen atoms in total. The van der Waals surface area contributed by atoms with Crippen molar-refractivity contribution in [3.8, 4) is 11.5 Å². The molecule has 1 N–H and O–H groups in total. The molecule has 0 heterocycles. The molecular weight excluding hydrogens is 427 g/mol. The maximum Gasteiger partial charge on any atom is 0.273 e. The van der Waals surface area contributed by atoms with Crippen LogP contribution in [0.25, 0.3) is 0 Å². The fourth-order valence-corrected chi connectivity index (χ4v) is 3.92. The molecule has 0 atom stereocenters. The lowest BCUT2D eigenvalue weighted by Gasteiger charge is -2.17. The van der Waals surface area contributed by atoms with Crippen LogP contribution in [-0.4, -0.2) is 31.9 Å². The molecule has 30 heavy (non-hydrogen) atoms. The van der Waals surface area contributed by atoms with E-state index in [1.165, 1.54) is 14.2 Å². The van der Waals surface area contributed by atoms with E-state index in [2.05, 4.69) is 10.5 Å². The van der Waals surface area contributed by atoms with Crippen molar-refractivity contribution in [1.29, 1.82) is 0 Å². The Morgan fingerprint density at radius 2 is 1.83 bits per heavy atom. The first kappa shape index (κ1) is 22.2. The molecule has 8 heteroatoms. The van der Waals surface area contributed by atoms with Gasteiger partial charge < -0.3 is 19.6 Å². The summed E-state index contributed by atoms with van der Waals surface area (Å²) in [6.07, 6.45) is 4.49. The van der Waals surface area contributed by atoms with E-state index in [0.717, 1.165) is 31.2 Å². The van der Waals surface area contributed by atoms with E-state index in [0.29, 0.717) is 27.1 Å². The van der Waals surface area contributed by atoms with Crippen molar-refractivity contribution >= 4 is 34.8 Å². The van der Waals surface area contributed by atoms with Crippen LogP contribution in [0.3, 0.4) is 0 Å². The number of rotatable bonds is 8. The standard InChI is InChI=1S/C22H24Cl2N2O4/c1-25-22(27)20(26-28-2)17-10-6-3-7-14(17)13-29-16-11-18(23)21(19(24)12-16)30-15-8-4-5-9-15/h3,6-7,10-12,15H,4-5,8-9,13H2,1-2H3,(H,25,27). The Bertz CT molecular complexity index is 904. The number of carbonyl (C=O) groups is 1. The summed E-state index contributed by atoms with van der Waals surface area (Å²) in [4.78, 5) is 17.0. The van der Waals surface area contributed by atoms with Crippen molar-refractivity contribution in [2.45, 2.75) is 38.4 Å². The highest BCUT2D eigenvalue weighted by Crippen LogP contribution is 2.39. The van der Waals surface area contributed by atoms with E-state index in [4.69, 9.17) is 37.5 Å². The van der Waals surface area contributed by atoms with E-state index >= 15 is 0 Å². The van der Waals surface area contributed by atoms with Gasteiger partial charge in [0.1, 0.15) is 19.5 Å². The van der Waals surface area contributed by atoms with Crippen LogP contribution in [0.4, 0.5) is 0 Å². The van der Waals surface area contributed by atoms with E-state index < -0.39 is 0 Å². The number of likely N-dealkylation sites (N-methyl/N-ethyl adjacent to an activating group) is 1. The molecule has 0 aromatic heterocycles. The van der Waals surface area contributed by atoms with Gasteiger partial charge in [0, 0.05) is 24.7 Å². The number of oxime groups is 1. The van der Waals surface area contributed by atoms with Crippen LogP contribution in [-0.2, 0) is 16.2 Å². The number of nitrogens with one attached hydrogen (secondary N) is 1. The molecule has 0 aliphatic heterocycles. The second-order valence-electron chi connectivity index (χ2n) is 6.89. The molecule has 1 amide bonds. The van der Waals surface area contributed by atoms with Gasteiger partial charge in [0.05, 0.1) is 16.1 Å². The Morgan fingerprint density at radius 3 is 2.47 bits per heavy atom. The average Bonchev–Trinajstić information content (AvgIpc) is 3.26. The van der Waals surface area contributed by atoms with Crippen LogP contribution >= 0.6 is 23.2 Å². The summed E-state index contributed by atoms with van der Waals surface area (Å²) in [6, 6.07) is 10.7. The first-order valence-corrected chi connectivity index (χ1v) is 10.5. The summed E-state index contributed by atoms with van der Waals surface area (Å²) in [7, 11) is 2.92. The minimum absolute atomic E-state index is 0.154. The number of amides is 1. The van der Waals surface area contributed by atoms with Gasteiger partial charge in [0.25, 0.3) is 5.91 Å². The van der Waals surface area contributed by atoms with Crippen molar-refractivity contribution in [2.75, 3.05) is 14.2 Å². The maximum atomic E-state index is 12.2. The molecule has 1 aliphatic carbocycles. The smallest absolute Gasteiger partial charge is 0.273 e. The number of carbonyl (C=O) groups excluding carboxylic acids is 1. The van der Waals surface area contributed by atoms with Crippen LogP contribution < -0.4 is 14.8 Å². The highest BCUT2D eigenvalue weighted by Gasteiger charge is 2.21. The number of halogens is 2. The van der Waals surface area contributed by atoms with Gasteiger partial charge in [-0.3, -0.25) is 4.79 Å². The van der Waals surface area contributed by atoms with Crippen molar-refractivity contribution in [2.24, 2.45) is 5.16 Å². The van der Waals surface area contributed by atoms with Gasteiger partial charge in [-0.1, -0.05) is 52.6 Å². The Labute approximate surface area is 186 Å². The van der Waals surface area contributed by atoms with Gasteiger partial charge in [0.15, 0.2) is 11.5 Å². The number of hydrogen-bond acceptors (Lipinski definition) is 5. The molecule has 1 aliphatic rings. The van der Waals surface area contributed by atoms with Crippen LogP contribution in [0.2, 0.25) is 10.0 Å². The SMILES string of the molecule is CNC(=O)C(=NOC)c1ccccc1COc1cc(Cl)c(OC2CCCC2)c(Cl)c1. The maximum absolute atomic E-state index is 12.2. The van der Waals surface area contributed by atoms with Crippen LogP contribution in [0, 0.1) is 0 Å². The van der Waals surface area contributed by atoms with Gasteiger partial charge in [-0.25, -0.2) is 0 Å². The summed E-state index contributed by atoms with van der Waals surface area (Å²) in [5.41, 5.74) is 1.53. The van der Waals surface area contributed by atoms with Gasteiger partial charge in [-0.05, 0) is 31.2 Å². The van der Waals surface area contributed by atoms with Crippen LogP contribution in [0.5, 0.6) is 11.5 Å². The Hall–Kier alpha value is -2.44. The predicted molar refractivity (Wildman–Crippen MR) is 118 cm³/mol. The zero-order chi connectivity index (χ0) is 21.5. The third-order valence-corrected chi connectivity index (χ3v) is 5.41. The summed E-state index contributed by atoms with van der Waals surface area (Å²) in [6.45, 7) is 0.186. The molecule has 0 unspecified atom stereocenters. The van der Waals surface area contributed by atoms with Gasteiger partial charge in [0.2, 0.25) is 0 Å². The largest absolute Gasteiger partial charge is 0.489 e. The molecule has 1 saturated carbocycles. The predicted octanol–water partition coefficient (Wildman–Crippen LogP) is 4.99. The molecule has 0 bridgehead atoms. The quantitative estimate of drug-likeness (QED) is 0.454. The molecule has 0 radical (unpaired) electrons. The van der Waals surface area contributed by atoms with Crippen molar-refractivity contribution in [3.63, 3.8) is 0 Å². The summed E-state index contributed by atoms with van der Waals surface area (Å²) in [5.74, 6) is 0.639. The molecule has 160 valence electrons. The molecule has 2 aromatic carbocycles. The van der Waals surface area contributed by atoms with E-state index in [-0.39, 0.29) is 24.3 Å². The fraction of sp³-hybridized carbons (Fsp3) is 0.364. The highest BCUT2D eigenvalue weighted by atomic mass is 35.5. The minimum Gasteiger partial charge on any atom is -0.489 e. The summed E-state index contributed by atoms with van der Waals surface area (Å²) in [5, 5.41) is 7.23. The summed E-state index contributed by atoms with van der Waals surface area (Å²) < 4.78 is 11.9.